The fraction of sp³-hybridized carbons (Fsp3) is 0.488. The van der Waals surface area contributed by atoms with Gasteiger partial charge < -0.3 is 44.4 Å². The van der Waals surface area contributed by atoms with Crippen LogP contribution in [0.15, 0.2) is 53.8 Å². The maximum Gasteiger partial charge on any atom is 0.407 e. The van der Waals surface area contributed by atoms with Crippen LogP contribution in [-0.2, 0) is 19.1 Å². The van der Waals surface area contributed by atoms with Crippen molar-refractivity contribution in [2.24, 2.45) is 16.8 Å². The van der Waals surface area contributed by atoms with E-state index in [1.54, 1.807) is 29.7 Å². The second-order valence-corrected chi connectivity index (χ2v) is 18.1. The lowest BCUT2D eigenvalue weighted by atomic mass is 9.95. The van der Waals surface area contributed by atoms with Crippen molar-refractivity contribution in [2.75, 3.05) is 37.5 Å². The van der Waals surface area contributed by atoms with Crippen LogP contribution in [0.1, 0.15) is 75.2 Å². The molecule has 0 radical (unpaired) electrons. The molecule has 9 rings (SSSR count). The number of hydrogen-bond donors (Lipinski definition) is 3. The Kier molecular flexibility index (Phi) is 11.7. The Morgan fingerprint density at radius 2 is 1.28 bits per heavy atom. The summed E-state index contributed by atoms with van der Waals surface area (Å²) in [5.74, 6) is 5.50. The van der Waals surface area contributed by atoms with Gasteiger partial charge in [0.25, 0.3) is 0 Å². The topological polar surface area (TPSA) is 177 Å². The van der Waals surface area contributed by atoms with Gasteiger partial charge in [-0.25, -0.2) is 14.6 Å². The van der Waals surface area contributed by atoms with Crippen LogP contribution in [0.25, 0.3) is 16.8 Å². The average molecular weight is 856 g/mol. The molecule has 5 heterocycles. The summed E-state index contributed by atoms with van der Waals surface area (Å²) >= 11 is 3.36. The Morgan fingerprint density at radius 1 is 0.750 bits per heavy atom. The van der Waals surface area contributed by atoms with Gasteiger partial charge in [0, 0.05) is 35.4 Å². The highest BCUT2D eigenvalue weighted by atomic mass is 32.2. The molecule has 0 unspecified atom stereocenters. The van der Waals surface area contributed by atoms with E-state index in [9.17, 15) is 19.2 Å². The molecule has 3 N–H and O–H groups in total. The molecule has 3 aromatic rings. The van der Waals surface area contributed by atoms with Gasteiger partial charge in [0.2, 0.25) is 11.8 Å². The Balaban J connectivity index is 0.847. The average Bonchev–Trinajstić information content (AvgIpc) is 4.13. The maximum atomic E-state index is 14.0. The number of nitrogens with one attached hydrogen (secondary N) is 3. The molecule has 1 aromatic heterocycles. The number of carbonyl (C=O) groups excluding carboxylic acids is 4. The number of aliphatic imine (C=N–C) groups is 1. The van der Waals surface area contributed by atoms with E-state index in [4.69, 9.17) is 28.9 Å². The number of ether oxygens (including phenoxy) is 4. The normalized spacial score (nSPS) is 22.2. The largest absolute Gasteiger partial charge is 0.453 e. The predicted molar refractivity (Wildman–Crippen MR) is 228 cm³/mol. The van der Waals surface area contributed by atoms with Crippen molar-refractivity contribution in [3.63, 3.8) is 0 Å². The van der Waals surface area contributed by atoms with Crippen LogP contribution in [0.2, 0.25) is 0 Å². The molecule has 17 heteroatoms. The summed E-state index contributed by atoms with van der Waals surface area (Å²) in [5, 5.41) is 5.66. The van der Waals surface area contributed by atoms with Crippen molar-refractivity contribution in [1.82, 2.24) is 30.4 Å². The number of carbonyl (C=O) groups is 4. The van der Waals surface area contributed by atoms with E-state index in [-0.39, 0.29) is 35.7 Å². The fourth-order valence-corrected chi connectivity index (χ4v) is 11.7. The summed E-state index contributed by atoms with van der Waals surface area (Å²) < 4.78 is 22.5. The number of H-pyrrole nitrogens is 1. The quantitative estimate of drug-likeness (QED) is 0.144. The van der Waals surface area contributed by atoms with Crippen LogP contribution >= 0.6 is 23.5 Å². The van der Waals surface area contributed by atoms with E-state index in [1.807, 2.05) is 52.4 Å². The molecular formula is C43H49N7O8S2. The zero-order valence-corrected chi connectivity index (χ0v) is 35.3. The van der Waals surface area contributed by atoms with E-state index >= 15 is 0 Å². The molecule has 4 amide bonds. The second-order valence-electron chi connectivity index (χ2n) is 16.1. The zero-order valence-electron chi connectivity index (χ0n) is 33.6. The number of nitrogens with zero attached hydrogens (tertiary/aromatic N) is 4. The van der Waals surface area contributed by atoms with E-state index < -0.39 is 24.3 Å². The van der Waals surface area contributed by atoms with Crippen LogP contribution in [-0.4, -0.2) is 105 Å². The first kappa shape index (κ1) is 40.3. The third-order valence-electron chi connectivity index (χ3n) is 12.6. The number of methoxy groups -OCH3 is 2. The lowest BCUT2D eigenvalue weighted by molar-refractivity contribution is -0.135. The molecule has 2 aliphatic carbocycles. The molecule has 2 saturated carbocycles. The summed E-state index contributed by atoms with van der Waals surface area (Å²) in [5.41, 5.74) is 4.53. The third kappa shape index (κ3) is 8.05. The van der Waals surface area contributed by atoms with Gasteiger partial charge in [-0.15, -0.1) is 23.5 Å². The number of thioether (sulfide) groups is 2. The molecule has 0 spiro atoms. The molecule has 0 bridgehead atoms. The number of benzene rings is 2. The maximum absolute atomic E-state index is 14.0. The Hall–Kier alpha value is -5.16. The first-order chi connectivity index (χ1) is 29.3. The monoisotopic (exact) mass is 855 g/mol. The molecule has 60 heavy (non-hydrogen) atoms. The van der Waals surface area contributed by atoms with E-state index in [1.165, 1.54) is 14.2 Å². The standard InChI is InChI=1S/C43H49N7O8S2/c1-55-42(53)47-37(24-7-3-4-8-24)40(51)49-22-59-20-31(49)29-15-28(18-44-29)26-11-13-33-35(16-26)57-34-14-12-27(17-36(34)58-33)30-19-45-39(46-30)32-21-60-23-50(32)41(52)38(48-43(54)56-2)25-9-5-6-10-25/h11-14,16-19,24-25,31-32,37-38H,3-10,15,20-23H2,1-2H3,(H,45,46)(H,47,53)(H,48,54)/t31-,32-,37-,38-/m0/s1. The number of fused-ring (bicyclic) bond motifs is 2. The number of amides is 4. The smallest absolute Gasteiger partial charge is 0.407 e. The Morgan fingerprint density at radius 3 is 1.87 bits per heavy atom. The van der Waals surface area contributed by atoms with Crippen LogP contribution < -0.4 is 20.1 Å². The van der Waals surface area contributed by atoms with Gasteiger partial charge in [0.15, 0.2) is 23.0 Å². The summed E-state index contributed by atoms with van der Waals surface area (Å²) in [6.45, 7) is 0. The summed E-state index contributed by atoms with van der Waals surface area (Å²) in [7, 11) is 2.64. The highest BCUT2D eigenvalue weighted by Gasteiger charge is 2.43. The highest BCUT2D eigenvalue weighted by Crippen LogP contribution is 2.48. The number of allylic oxidation sites excluding steroid dienone is 1. The lowest BCUT2D eigenvalue weighted by Gasteiger charge is -2.31. The van der Waals surface area contributed by atoms with E-state index in [0.717, 1.165) is 85.2 Å². The summed E-state index contributed by atoms with van der Waals surface area (Å²) in [4.78, 5) is 69.0. The number of aromatic nitrogens is 2. The number of rotatable bonds is 10. The highest BCUT2D eigenvalue weighted by molar-refractivity contribution is 7.99. The van der Waals surface area contributed by atoms with Crippen molar-refractivity contribution in [3.8, 4) is 34.3 Å². The Labute approximate surface area is 356 Å². The van der Waals surface area contributed by atoms with Gasteiger partial charge in [-0.3, -0.25) is 14.6 Å². The van der Waals surface area contributed by atoms with Gasteiger partial charge in [-0.05, 0) is 79.0 Å². The van der Waals surface area contributed by atoms with Gasteiger partial charge in [-0.1, -0.05) is 31.7 Å². The lowest BCUT2D eigenvalue weighted by Crippen LogP contribution is -2.54. The summed E-state index contributed by atoms with van der Waals surface area (Å²) in [6, 6.07) is 9.92. The molecule has 4 fully saturated rings. The number of imidazole rings is 1. The van der Waals surface area contributed by atoms with Gasteiger partial charge in [0.05, 0.1) is 49.9 Å². The minimum Gasteiger partial charge on any atom is -0.453 e. The van der Waals surface area contributed by atoms with Gasteiger partial charge in [-0.2, -0.15) is 0 Å². The zero-order chi connectivity index (χ0) is 41.3. The molecule has 6 aliphatic rings. The van der Waals surface area contributed by atoms with Crippen molar-refractivity contribution >= 4 is 58.8 Å². The van der Waals surface area contributed by atoms with E-state index in [2.05, 4.69) is 15.6 Å². The van der Waals surface area contributed by atoms with E-state index in [0.29, 0.717) is 52.7 Å². The molecular weight excluding hydrogens is 807 g/mol. The molecule has 316 valence electrons. The second kappa shape index (κ2) is 17.4. The van der Waals surface area contributed by atoms with Crippen molar-refractivity contribution in [1.29, 1.82) is 0 Å². The molecule has 4 aliphatic heterocycles. The molecule has 2 saturated heterocycles. The van der Waals surface area contributed by atoms with Crippen molar-refractivity contribution < 1.29 is 38.1 Å². The van der Waals surface area contributed by atoms with Crippen LogP contribution in [0.4, 0.5) is 9.59 Å². The van der Waals surface area contributed by atoms with Crippen molar-refractivity contribution in [2.45, 2.75) is 82.0 Å². The van der Waals surface area contributed by atoms with Crippen LogP contribution in [0.5, 0.6) is 23.0 Å². The van der Waals surface area contributed by atoms with Crippen molar-refractivity contribution in [3.05, 3.63) is 60.2 Å². The number of hydrogen-bond acceptors (Lipinski definition) is 12. The fourth-order valence-electron chi connectivity index (χ4n) is 9.32. The van der Waals surface area contributed by atoms with Gasteiger partial charge in [0.1, 0.15) is 17.9 Å². The third-order valence-corrected chi connectivity index (χ3v) is 14.6. The minimum atomic E-state index is -0.634. The molecule has 2 aromatic carbocycles. The molecule has 4 atom stereocenters. The SMILES string of the molecule is COC(=O)N[C@H](C(=O)N1CSC[C@H]1C1=NC=C(c2ccc3c(c2)Oc2ccc(-c4cnc([C@@H]5CSCN5C(=O)[C@@H](NC(=O)OC)C5CCCC5)[nH]4)cc2O3)C1)C1CCCC1. The Bertz CT molecular complexity index is 2220. The van der Waals surface area contributed by atoms with Crippen LogP contribution in [0.3, 0.4) is 0 Å². The first-order valence-corrected chi connectivity index (χ1v) is 23.0. The van der Waals surface area contributed by atoms with Gasteiger partial charge >= 0.3 is 12.2 Å². The number of aromatic amines is 1. The summed E-state index contributed by atoms with van der Waals surface area (Å²) in [6.07, 6.45) is 10.8. The number of alkyl carbamates (subject to hydrolysis) is 2. The molecule has 15 nitrogen and oxygen atoms in total. The van der Waals surface area contributed by atoms with Crippen LogP contribution in [0, 0.1) is 11.8 Å². The predicted octanol–water partition coefficient (Wildman–Crippen LogP) is 7.47. The first-order valence-electron chi connectivity index (χ1n) is 20.7. The minimum absolute atomic E-state index is 0.0714.